The van der Waals surface area contributed by atoms with Gasteiger partial charge in [-0.3, -0.25) is 4.79 Å². The lowest BCUT2D eigenvalue weighted by Gasteiger charge is -2.16. The maximum absolute atomic E-state index is 12.6. The number of thiophene rings is 1. The van der Waals surface area contributed by atoms with Crippen LogP contribution < -0.4 is 0 Å². The molecule has 1 nitrogen and oxygen atoms in total. The first-order valence-corrected chi connectivity index (χ1v) is 5.50. The van der Waals surface area contributed by atoms with Gasteiger partial charge < -0.3 is 0 Å². The molecule has 0 unspecified atom stereocenters. The average molecular weight is 343 g/mol. The normalized spacial score (nSPS) is 12.9. The summed E-state index contributed by atoms with van der Waals surface area (Å²) in [7, 11) is 0. The Hall–Kier alpha value is -0.210. The second kappa shape index (κ2) is 4.23. The first-order valence-electron chi connectivity index (χ1n) is 3.51. The fraction of sp³-hybridized carbons (Fsp3) is 0.286. The third-order valence-electron chi connectivity index (χ3n) is 1.51. The van der Waals surface area contributed by atoms with Gasteiger partial charge in [0, 0.05) is 4.47 Å². The molecule has 0 aliphatic carbocycles. The Balaban J connectivity index is 3.12. The summed E-state index contributed by atoms with van der Waals surface area (Å²) < 4.78 is 60.9. The van der Waals surface area contributed by atoms with Crippen LogP contribution in [-0.2, 0) is 0 Å². The molecule has 9 heteroatoms. The van der Waals surface area contributed by atoms with Crippen molar-refractivity contribution in [1.29, 1.82) is 0 Å². The van der Waals surface area contributed by atoms with Crippen LogP contribution >= 0.6 is 38.9 Å². The standard InChI is InChI=1S/C7HBrClF5OS/c8-2-1-3(16-5(2)9)4(15)6(10,11)7(12,13)14/h1H. The van der Waals surface area contributed by atoms with Crippen LogP contribution in [0.5, 0.6) is 0 Å². The number of carbonyl (C=O) groups excluding carboxylic acids is 1. The number of alkyl halides is 5. The molecular formula is C7HBrClF5OS. The molecule has 0 aromatic carbocycles. The highest BCUT2D eigenvalue weighted by Gasteiger charge is 2.63. The Morgan fingerprint density at radius 3 is 2.12 bits per heavy atom. The largest absolute Gasteiger partial charge is 0.461 e. The Kier molecular flexibility index (Phi) is 3.66. The summed E-state index contributed by atoms with van der Waals surface area (Å²) in [5.41, 5.74) is 0. The fourth-order valence-electron chi connectivity index (χ4n) is 0.742. The zero-order valence-electron chi connectivity index (χ0n) is 7.04. The molecule has 0 atom stereocenters. The zero-order chi connectivity index (χ0) is 12.7. The molecular weight excluding hydrogens is 342 g/mol. The maximum Gasteiger partial charge on any atom is 0.461 e. The summed E-state index contributed by atoms with van der Waals surface area (Å²) in [4.78, 5) is 10.2. The maximum atomic E-state index is 12.6. The van der Waals surface area contributed by atoms with E-state index in [0.717, 1.165) is 6.07 Å². The van der Waals surface area contributed by atoms with Gasteiger partial charge in [-0.05, 0) is 22.0 Å². The molecule has 0 amide bonds. The topological polar surface area (TPSA) is 17.1 Å². The lowest BCUT2D eigenvalue weighted by atomic mass is 10.2. The zero-order valence-corrected chi connectivity index (χ0v) is 10.2. The van der Waals surface area contributed by atoms with Crippen molar-refractivity contribution in [2.75, 3.05) is 0 Å². The third kappa shape index (κ3) is 2.38. The van der Waals surface area contributed by atoms with E-state index in [2.05, 4.69) is 15.9 Å². The fourth-order valence-corrected chi connectivity index (χ4v) is 2.42. The van der Waals surface area contributed by atoms with Gasteiger partial charge in [-0.25, -0.2) is 0 Å². The van der Waals surface area contributed by atoms with Crippen molar-refractivity contribution in [3.05, 3.63) is 19.8 Å². The second-order valence-electron chi connectivity index (χ2n) is 2.63. The van der Waals surface area contributed by atoms with E-state index in [1.54, 1.807) is 0 Å². The Morgan fingerprint density at radius 2 is 1.81 bits per heavy atom. The molecule has 0 aliphatic rings. The minimum Gasteiger partial charge on any atom is -0.286 e. The molecule has 0 fully saturated rings. The van der Waals surface area contributed by atoms with E-state index >= 15 is 0 Å². The van der Waals surface area contributed by atoms with Crippen LogP contribution in [0.2, 0.25) is 4.34 Å². The van der Waals surface area contributed by atoms with Crippen LogP contribution in [0.1, 0.15) is 9.67 Å². The predicted molar refractivity (Wildman–Crippen MR) is 52.4 cm³/mol. The number of rotatable bonds is 2. The van der Waals surface area contributed by atoms with Crippen LogP contribution in [0, 0.1) is 0 Å². The van der Waals surface area contributed by atoms with Crippen LogP contribution in [0.4, 0.5) is 22.0 Å². The van der Waals surface area contributed by atoms with E-state index in [1.807, 2.05) is 0 Å². The predicted octanol–water partition coefficient (Wildman–Crippen LogP) is 4.54. The molecule has 1 heterocycles. The number of hydrogen-bond acceptors (Lipinski definition) is 2. The highest BCUT2D eigenvalue weighted by atomic mass is 79.9. The van der Waals surface area contributed by atoms with Crippen molar-refractivity contribution in [2.45, 2.75) is 12.1 Å². The lowest BCUT2D eigenvalue weighted by molar-refractivity contribution is -0.255. The minimum absolute atomic E-state index is 0.0682. The lowest BCUT2D eigenvalue weighted by Crippen LogP contribution is -2.43. The molecule has 0 bridgehead atoms. The Labute approximate surface area is 103 Å². The summed E-state index contributed by atoms with van der Waals surface area (Å²) in [6.07, 6.45) is -5.91. The smallest absolute Gasteiger partial charge is 0.286 e. The van der Waals surface area contributed by atoms with Crippen molar-refractivity contribution in [2.24, 2.45) is 0 Å². The number of halogens is 7. The monoisotopic (exact) mass is 342 g/mol. The first kappa shape index (κ1) is 13.9. The van der Waals surface area contributed by atoms with Crippen molar-refractivity contribution >= 4 is 44.7 Å². The van der Waals surface area contributed by atoms with Gasteiger partial charge in [-0.15, -0.1) is 11.3 Å². The molecule has 0 radical (unpaired) electrons. The van der Waals surface area contributed by atoms with E-state index in [0.29, 0.717) is 11.3 Å². The Morgan fingerprint density at radius 1 is 1.31 bits per heavy atom. The van der Waals surface area contributed by atoms with Gasteiger partial charge in [0.15, 0.2) is 0 Å². The van der Waals surface area contributed by atoms with E-state index in [4.69, 9.17) is 11.6 Å². The van der Waals surface area contributed by atoms with E-state index in [1.165, 1.54) is 0 Å². The molecule has 16 heavy (non-hydrogen) atoms. The first-order chi connectivity index (χ1) is 7.07. The molecule has 0 N–H and O–H groups in total. The highest BCUT2D eigenvalue weighted by Crippen LogP contribution is 2.41. The molecule has 1 rings (SSSR count). The summed E-state index contributed by atoms with van der Waals surface area (Å²) >= 11 is 8.59. The molecule has 1 aromatic rings. The molecule has 1 aromatic heterocycles. The third-order valence-corrected chi connectivity index (χ3v) is 3.98. The molecule has 0 saturated carbocycles. The quantitative estimate of drug-likeness (QED) is 0.569. The van der Waals surface area contributed by atoms with Gasteiger partial charge in [-0.2, -0.15) is 22.0 Å². The number of hydrogen-bond donors (Lipinski definition) is 0. The number of Topliss-reactive ketones (excluding diaryl/α,β-unsaturated/α-hetero) is 1. The van der Waals surface area contributed by atoms with Crippen LogP contribution in [0.25, 0.3) is 0 Å². The summed E-state index contributed by atoms with van der Waals surface area (Å²) in [5.74, 6) is -7.71. The van der Waals surface area contributed by atoms with Gasteiger partial charge in [0.1, 0.15) is 4.34 Å². The van der Waals surface area contributed by atoms with E-state index < -0.39 is 22.8 Å². The SMILES string of the molecule is O=C(c1cc(Br)c(Cl)s1)C(F)(F)C(F)(F)F. The van der Waals surface area contributed by atoms with Crippen LogP contribution in [-0.4, -0.2) is 17.9 Å². The second-order valence-corrected chi connectivity index (χ2v) is 5.14. The van der Waals surface area contributed by atoms with Gasteiger partial charge in [0.05, 0.1) is 4.88 Å². The molecule has 90 valence electrons. The Bertz CT molecular complexity index is 407. The van der Waals surface area contributed by atoms with Gasteiger partial charge in [0.25, 0.3) is 5.78 Å². The van der Waals surface area contributed by atoms with Crippen molar-refractivity contribution in [3.8, 4) is 0 Å². The van der Waals surface area contributed by atoms with Gasteiger partial charge in [0.2, 0.25) is 0 Å². The van der Waals surface area contributed by atoms with Crippen LogP contribution in [0.15, 0.2) is 10.5 Å². The summed E-state index contributed by atoms with van der Waals surface area (Å²) in [6, 6.07) is 0.828. The minimum atomic E-state index is -5.91. The van der Waals surface area contributed by atoms with E-state index in [-0.39, 0.29) is 8.81 Å². The van der Waals surface area contributed by atoms with Crippen LogP contribution in [0.3, 0.4) is 0 Å². The van der Waals surface area contributed by atoms with Gasteiger partial charge in [-0.1, -0.05) is 11.6 Å². The van der Waals surface area contributed by atoms with Crippen molar-refractivity contribution in [3.63, 3.8) is 0 Å². The van der Waals surface area contributed by atoms with Gasteiger partial charge >= 0.3 is 12.1 Å². The molecule has 0 spiro atoms. The number of ketones is 1. The molecule has 0 saturated heterocycles. The highest BCUT2D eigenvalue weighted by molar-refractivity contribution is 9.10. The van der Waals surface area contributed by atoms with E-state index in [9.17, 15) is 26.7 Å². The average Bonchev–Trinajstić information content (AvgIpc) is 2.43. The number of carbonyl (C=O) groups is 1. The summed E-state index contributed by atoms with van der Waals surface area (Å²) in [5, 5.41) is 0. The summed E-state index contributed by atoms with van der Waals surface area (Å²) in [6.45, 7) is 0. The van der Waals surface area contributed by atoms with Crippen molar-refractivity contribution < 1.29 is 26.7 Å². The van der Waals surface area contributed by atoms with Crippen molar-refractivity contribution in [1.82, 2.24) is 0 Å². The molecule has 0 aliphatic heterocycles.